The predicted molar refractivity (Wildman–Crippen MR) is 118 cm³/mol. The summed E-state index contributed by atoms with van der Waals surface area (Å²) in [5, 5.41) is 0. The third kappa shape index (κ3) is 4.00. The van der Waals surface area contributed by atoms with Gasteiger partial charge in [-0.2, -0.15) is 0 Å². The molecule has 0 aromatic heterocycles. The first-order chi connectivity index (χ1) is 13.5. The topological polar surface area (TPSA) is 9.23 Å². The molecule has 28 heavy (non-hydrogen) atoms. The van der Waals surface area contributed by atoms with Gasteiger partial charge in [-0.15, -0.1) is 0 Å². The smallest absolute Gasteiger partial charge is 0.119 e. The molecule has 0 bridgehead atoms. The lowest BCUT2D eigenvalue weighted by molar-refractivity contribution is 0.212. The Morgan fingerprint density at radius 2 is 1.64 bits per heavy atom. The number of rotatable bonds is 5. The van der Waals surface area contributed by atoms with E-state index in [4.69, 9.17) is 4.74 Å². The Bertz CT molecular complexity index is 804. The highest BCUT2D eigenvalue weighted by atomic mass is 16.5. The van der Waals surface area contributed by atoms with Crippen LogP contribution in [0.3, 0.4) is 0 Å². The Labute approximate surface area is 171 Å². The highest BCUT2D eigenvalue weighted by Gasteiger charge is 2.29. The van der Waals surface area contributed by atoms with Gasteiger partial charge in [0, 0.05) is 0 Å². The average Bonchev–Trinajstić information content (AvgIpc) is 2.70. The van der Waals surface area contributed by atoms with E-state index in [1.165, 1.54) is 36.8 Å². The van der Waals surface area contributed by atoms with Crippen LogP contribution in [0.2, 0.25) is 0 Å². The summed E-state index contributed by atoms with van der Waals surface area (Å²) in [7, 11) is 0. The molecule has 2 aromatic rings. The summed E-state index contributed by atoms with van der Waals surface area (Å²) in [5.41, 5.74) is 6.20. The molecule has 2 aliphatic rings. The fourth-order valence-corrected chi connectivity index (χ4v) is 5.55. The van der Waals surface area contributed by atoms with Crippen molar-refractivity contribution >= 4 is 0 Å². The minimum absolute atomic E-state index is 0.613. The lowest BCUT2D eigenvalue weighted by Gasteiger charge is -2.34. The zero-order valence-corrected chi connectivity index (χ0v) is 18.1. The maximum Gasteiger partial charge on any atom is 0.119 e. The van der Waals surface area contributed by atoms with Crippen LogP contribution in [0.5, 0.6) is 5.75 Å². The largest absolute Gasteiger partial charge is 0.493 e. The fraction of sp³-hybridized carbons (Fsp3) is 0.556. The van der Waals surface area contributed by atoms with Crippen LogP contribution in [0.1, 0.15) is 81.0 Å². The number of hydrogen-bond acceptors (Lipinski definition) is 1. The van der Waals surface area contributed by atoms with E-state index in [2.05, 4.69) is 70.2 Å². The van der Waals surface area contributed by atoms with Gasteiger partial charge in [-0.05, 0) is 96.1 Å². The molecule has 3 atom stereocenters. The average molecular weight is 377 g/mol. The van der Waals surface area contributed by atoms with Crippen LogP contribution in [-0.2, 0) is 12.8 Å². The van der Waals surface area contributed by atoms with E-state index in [0.29, 0.717) is 17.8 Å². The van der Waals surface area contributed by atoms with Crippen LogP contribution in [0, 0.1) is 17.8 Å². The van der Waals surface area contributed by atoms with Crippen molar-refractivity contribution in [3.8, 4) is 5.75 Å². The highest BCUT2D eigenvalue weighted by Crippen LogP contribution is 2.40. The molecule has 0 spiro atoms. The van der Waals surface area contributed by atoms with E-state index >= 15 is 0 Å². The van der Waals surface area contributed by atoms with Gasteiger partial charge in [0.1, 0.15) is 5.75 Å². The monoisotopic (exact) mass is 376 g/mol. The molecule has 2 aromatic carbocycles. The van der Waals surface area contributed by atoms with Gasteiger partial charge < -0.3 is 4.74 Å². The first-order valence-corrected chi connectivity index (χ1v) is 11.4. The number of fused-ring (bicyclic) bond motifs is 2. The van der Waals surface area contributed by atoms with Gasteiger partial charge in [0.25, 0.3) is 0 Å². The van der Waals surface area contributed by atoms with Gasteiger partial charge in [-0.25, -0.2) is 0 Å². The predicted octanol–water partition coefficient (Wildman–Crippen LogP) is 7.14. The normalized spacial score (nSPS) is 24.1. The molecule has 0 amide bonds. The van der Waals surface area contributed by atoms with Crippen LogP contribution in [0.25, 0.3) is 0 Å². The van der Waals surface area contributed by atoms with Crippen LogP contribution in [0.15, 0.2) is 42.5 Å². The van der Waals surface area contributed by atoms with E-state index in [0.717, 1.165) is 30.6 Å². The standard InChI is InChI=1S/C27H36O/c1-18(2)24-11-7-9-22-16-23(12-13-26(22)24)28-17-20-14-21-8-5-6-10-25(21)27(15-20)19(3)4/h5-6,8,10,12-13,16,18-20,24,27H,7,9,11,14-15,17H2,1-4H3. The Balaban J connectivity index is 1.45. The molecule has 0 saturated heterocycles. The van der Waals surface area contributed by atoms with Crippen molar-refractivity contribution in [2.75, 3.05) is 6.61 Å². The van der Waals surface area contributed by atoms with E-state index in [1.54, 1.807) is 11.1 Å². The number of benzene rings is 2. The molecule has 0 N–H and O–H groups in total. The number of aryl methyl sites for hydroxylation is 1. The molecule has 0 heterocycles. The van der Waals surface area contributed by atoms with Crippen molar-refractivity contribution in [2.45, 2.75) is 71.6 Å². The first kappa shape index (κ1) is 19.6. The summed E-state index contributed by atoms with van der Waals surface area (Å²) in [6.45, 7) is 10.3. The van der Waals surface area contributed by atoms with Crippen molar-refractivity contribution in [3.05, 3.63) is 64.7 Å². The fourth-order valence-electron chi connectivity index (χ4n) is 5.55. The summed E-state index contributed by atoms with van der Waals surface area (Å²) in [6.07, 6.45) is 6.26. The Hall–Kier alpha value is -1.76. The van der Waals surface area contributed by atoms with Gasteiger partial charge in [0.2, 0.25) is 0 Å². The molecule has 0 aliphatic heterocycles. The Morgan fingerprint density at radius 3 is 2.43 bits per heavy atom. The third-order valence-electron chi connectivity index (χ3n) is 7.12. The number of ether oxygens (including phenoxy) is 1. The third-order valence-corrected chi connectivity index (χ3v) is 7.12. The minimum atomic E-state index is 0.613. The molecule has 150 valence electrons. The van der Waals surface area contributed by atoms with Crippen molar-refractivity contribution < 1.29 is 4.74 Å². The lowest BCUT2D eigenvalue weighted by atomic mass is 9.72. The van der Waals surface area contributed by atoms with Crippen molar-refractivity contribution in [2.24, 2.45) is 17.8 Å². The van der Waals surface area contributed by atoms with Gasteiger partial charge in [0.15, 0.2) is 0 Å². The van der Waals surface area contributed by atoms with Crippen molar-refractivity contribution in [3.63, 3.8) is 0 Å². The summed E-state index contributed by atoms with van der Waals surface area (Å²) in [4.78, 5) is 0. The molecular weight excluding hydrogens is 340 g/mol. The van der Waals surface area contributed by atoms with Crippen molar-refractivity contribution in [1.29, 1.82) is 0 Å². The summed E-state index contributed by atoms with van der Waals surface area (Å²) >= 11 is 0. The molecule has 1 heteroatoms. The van der Waals surface area contributed by atoms with Crippen LogP contribution < -0.4 is 4.74 Å². The second kappa shape index (κ2) is 8.31. The van der Waals surface area contributed by atoms with Gasteiger partial charge >= 0.3 is 0 Å². The molecular formula is C27H36O. The second-order valence-corrected chi connectivity index (χ2v) is 9.77. The van der Waals surface area contributed by atoms with Crippen molar-refractivity contribution in [1.82, 2.24) is 0 Å². The van der Waals surface area contributed by atoms with E-state index < -0.39 is 0 Å². The van der Waals surface area contributed by atoms with E-state index in [1.807, 2.05) is 0 Å². The molecule has 4 rings (SSSR count). The highest BCUT2D eigenvalue weighted by molar-refractivity contribution is 5.40. The maximum absolute atomic E-state index is 6.35. The quantitative estimate of drug-likeness (QED) is 0.538. The zero-order valence-electron chi connectivity index (χ0n) is 18.1. The Kier molecular flexibility index (Phi) is 5.80. The number of hydrogen-bond donors (Lipinski definition) is 0. The molecule has 3 unspecified atom stereocenters. The van der Waals surface area contributed by atoms with Gasteiger partial charge in [-0.3, -0.25) is 0 Å². The summed E-state index contributed by atoms with van der Waals surface area (Å²) in [6, 6.07) is 15.9. The molecule has 0 saturated carbocycles. The van der Waals surface area contributed by atoms with Gasteiger partial charge in [0.05, 0.1) is 6.61 Å². The zero-order chi connectivity index (χ0) is 19.7. The van der Waals surface area contributed by atoms with Gasteiger partial charge in [-0.1, -0.05) is 58.0 Å². The van der Waals surface area contributed by atoms with E-state index in [9.17, 15) is 0 Å². The summed E-state index contributed by atoms with van der Waals surface area (Å²) < 4.78 is 6.35. The van der Waals surface area contributed by atoms with E-state index in [-0.39, 0.29) is 0 Å². The summed E-state index contributed by atoms with van der Waals surface area (Å²) in [5.74, 6) is 4.47. The van der Waals surface area contributed by atoms with Crippen LogP contribution in [0.4, 0.5) is 0 Å². The maximum atomic E-state index is 6.35. The minimum Gasteiger partial charge on any atom is -0.493 e. The van der Waals surface area contributed by atoms with Crippen LogP contribution >= 0.6 is 0 Å². The molecule has 0 radical (unpaired) electrons. The first-order valence-electron chi connectivity index (χ1n) is 11.4. The second-order valence-electron chi connectivity index (χ2n) is 9.77. The molecule has 1 nitrogen and oxygen atoms in total. The van der Waals surface area contributed by atoms with Crippen LogP contribution in [-0.4, -0.2) is 6.61 Å². The molecule has 2 aliphatic carbocycles. The SMILES string of the molecule is CC(C)C1CCCc2cc(OCC3Cc4ccccc4C(C(C)C)C3)ccc21. The Morgan fingerprint density at radius 1 is 0.893 bits per heavy atom. The molecule has 0 fully saturated rings. The lowest BCUT2D eigenvalue weighted by Crippen LogP contribution is -2.26.